The van der Waals surface area contributed by atoms with Crippen LogP contribution in [0.15, 0.2) is 48.5 Å². The lowest BCUT2D eigenvalue weighted by atomic mass is 10.2. The molecular weight excluding hydrogens is 373 g/mol. The van der Waals surface area contributed by atoms with Crippen LogP contribution in [-0.2, 0) is 11.0 Å². The predicted octanol–water partition coefficient (Wildman–Crippen LogP) is 4.25. The first-order valence-corrected chi connectivity index (χ1v) is 8.78. The topological polar surface area (TPSA) is 67.4 Å². The summed E-state index contributed by atoms with van der Waals surface area (Å²) in [4.78, 5) is 24.1. The van der Waals surface area contributed by atoms with Gasteiger partial charge in [-0.3, -0.25) is 9.59 Å². The van der Waals surface area contributed by atoms with Crippen LogP contribution in [0.1, 0.15) is 35.7 Å². The summed E-state index contributed by atoms with van der Waals surface area (Å²) in [7, 11) is 0. The molecule has 2 aromatic carbocycles. The summed E-state index contributed by atoms with van der Waals surface area (Å²) < 4.78 is 42.9. The maximum Gasteiger partial charge on any atom is 0.416 e. The molecule has 0 radical (unpaired) electrons. The van der Waals surface area contributed by atoms with Crippen molar-refractivity contribution in [2.75, 3.05) is 18.5 Å². The second kappa shape index (κ2) is 9.77. The van der Waals surface area contributed by atoms with Gasteiger partial charge in [-0.15, -0.1) is 0 Å². The highest BCUT2D eigenvalue weighted by atomic mass is 19.4. The quantitative estimate of drug-likeness (QED) is 0.658. The van der Waals surface area contributed by atoms with E-state index in [0.29, 0.717) is 24.3 Å². The molecule has 5 nitrogen and oxygen atoms in total. The van der Waals surface area contributed by atoms with E-state index in [2.05, 4.69) is 10.6 Å². The Morgan fingerprint density at radius 3 is 2.36 bits per heavy atom. The van der Waals surface area contributed by atoms with E-state index in [9.17, 15) is 22.8 Å². The van der Waals surface area contributed by atoms with Crippen molar-refractivity contribution in [1.29, 1.82) is 0 Å². The van der Waals surface area contributed by atoms with Gasteiger partial charge in [0.1, 0.15) is 5.75 Å². The number of anilines is 1. The van der Waals surface area contributed by atoms with Crippen LogP contribution in [-0.4, -0.2) is 25.0 Å². The van der Waals surface area contributed by atoms with Gasteiger partial charge in [-0.1, -0.05) is 12.1 Å². The van der Waals surface area contributed by atoms with E-state index in [-0.39, 0.29) is 30.5 Å². The van der Waals surface area contributed by atoms with Gasteiger partial charge in [-0.2, -0.15) is 13.2 Å². The zero-order valence-corrected chi connectivity index (χ0v) is 15.3. The highest BCUT2D eigenvalue weighted by Crippen LogP contribution is 2.29. The summed E-state index contributed by atoms with van der Waals surface area (Å²) >= 11 is 0. The second-order valence-electron chi connectivity index (χ2n) is 5.91. The molecule has 0 atom stereocenters. The summed E-state index contributed by atoms with van der Waals surface area (Å²) in [6.07, 6.45) is -3.91. The van der Waals surface area contributed by atoms with E-state index in [1.165, 1.54) is 12.1 Å². The van der Waals surface area contributed by atoms with Gasteiger partial charge in [0.25, 0.3) is 5.91 Å². The van der Waals surface area contributed by atoms with Crippen molar-refractivity contribution in [3.63, 3.8) is 0 Å². The number of rotatable bonds is 8. The lowest BCUT2D eigenvalue weighted by molar-refractivity contribution is -0.137. The summed E-state index contributed by atoms with van der Waals surface area (Å²) in [6.45, 7) is 2.54. The van der Waals surface area contributed by atoms with Crippen molar-refractivity contribution >= 4 is 17.5 Å². The number of ether oxygens (including phenoxy) is 1. The third-order valence-corrected chi connectivity index (χ3v) is 3.79. The minimum atomic E-state index is -4.42. The number of benzene rings is 2. The summed E-state index contributed by atoms with van der Waals surface area (Å²) in [5.74, 6) is -0.154. The fraction of sp³-hybridized carbons (Fsp3) is 0.300. The third-order valence-electron chi connectivity index (χ3n) is 3.79. The predicted molar refractivity (Wildman–Crippen MR) is 99.3 cm³/mol. The molecule has 2 amide bonds. The largest absolute Gasteiger partial charge is 0.493 e. The van der Waals surface area contributed by atoms with E-state index in [0.717, 1.165) is 12.1 Å². The maximum atomic E-state index is 12.5. The molecule has 2 N–H and O–H groups in total. The molecule has 150 valence electrons. The van der Waals surface area contributed by atoms with Gasteiger partial charge in [0.2, 0.25) is 5.91 Å². The standard InChI is InChI=1S/C20H21F3N2O3/c1-2-28-17-7-4-3-6-16(17)19(27)24-13-5-8-18(26)25-15-11-9-14(10-12-15)20(21,22)23/h3-4,6-7,9-12H,2,5,8,13H2,1H3,(H,24,27)(H,25,26). The van der Waals surface area contributed by atoms with Crippen LogP contribution in [0.2, 0.25) is 0 Å². The van der Waals surface area contributed by atoms with Crippen LogP contribution < -0.4 is 15.4 Å². The van der Waals surface area contributed by atoms with Crippen molar-refractivity contribution in [2.24, 2.45) is 0 Å². The molecule has 0 aliphatic carbocycles. The number of hydrogen-bond acceptors (Lipinski definition) is 3. The van der Waals surface area contributed by atoms with Gasteiger partial charge < -0.3 is 15.4 Å². The minimum absolute atomic E-state index is 0.119. The van der Waals surface area contributed by atoms with Crippen molar-refractivity contribution in [1.82, 2.24) is 5.32 Å². The number of hydrogen-bond donors (Lipinski definition) is 2. The van der Waals surface area contributed by atoms with E-state index in [1.54, 1.807) is 24.3 Å². The summed E-state index contributed by atoms with van der Waals surface area (Å²) in [5.41, 5.74) is -0.0771. The summed E-state index contributed by atoms with van der Waals surface area (Å²) in [6, 6.07) is 11.1. The molecule has 0 saturated carbocycles. The Morgan fingerprint density at radius 2 is 1.71 bits per heavy atom. The van der Waals surface area contributed by atoms with Crippen molar-refractivity contribution in [2.45, 2.75) is 25.9 Å². The minimum Gasteiger partial charge on any atom is -0.493 e. The monoisotopic (exact) mass is 394 g/mol. The lowest BCUT2D eigenvalue weighted by Crippen LogP contribution is -2.26. The number of para-hydroxylation sites is 1. The van der Waals surface area contributed by atoms with Crippen LogP contribution in [0, 0.1) is 0 Å². The van der Waals surface area contributed by atoms with Crippen LogP contribution >= 0.6 is 0 Å². The van der Waals surface area contributed by atoms with Crippen LogP contribution in [0.5, 0.6) is 5.75 Å². The average molecular weight is 394 g/mol. The van der Waals surface area contributed by atoms with Gasteiger partial charge in [0, 0.05) is 18.7 Å². The molecule has 2 aromatic rings. The van der Waals surface area contributed by atoms with Gasteiger partial charge in [0.15, 0.2) is 0 Å². The fourth-order valence-electron chi connectivity index (χ4n) is 2.45. The second-order valence-corrected chi connectivity index (χ2v) is 5.91. The van der Waals surface area contributed by atoms with E-state index in [1.807, 2.05) is 6.92 Å². The number of alkyl halides is 3. The van der Waals surface area contributed by atoms with Gasteiger partial charge in [-0.25, -0.2) is 0 Å². The van der Waals surface area contributed by atoms with Crippen LogP contribution in [0.25, 0.3) is 0 Å². The molecule has 0 aliphatic heterocycles. The Bertz CT molecular complexity index is 805. The van der Waals surface area contributed by atoms with E-state index < -0.39 is 11.7 Å². The lowest BCUT2D eigenvalue weighted by Gasteiger charge is -2.11. The number of halogens is 3. The maximum absolute atomic E-state index is 12.5. The molecule has 0 heterocycles. The SMILES string of the molecule is CCOc1ccccc1C(=O)NCCCC(=O)Nc1ccc(C(F)(F)F)cc1. The Balaban J connectivity index is 1.76. The Labute approximate surface area is 160 Å². The first-order valence-electron chi connectivity index (χ1n) is 8.78. The van der Waals surface area contributed by atoms with Crippen molar-refractivity contribution < 1.29 is 27.5 Å². The molecule has 0 aliphatic rings. The molecule has 2 rings (SSSR count). The fourth-order valence-corrected chi connectivity index (χ4v) is 2.45. The van der Waals surface area contributed by atoms with Gasteiger partial charge >= 0.3 is 6.18 Å². The molecule has 0 fully saturated rings. The highest BCUT2D eigenvalue weighted by Gasteiger charge is 2.29. The molecule has 0 unspecified atom stereocenters. The highest BCUT2D eigenvalue weighted by molar-refractivity contribution is 5.97. The average Bonchev–Trinajstić information content (AvgIpc) is 2.65. The third kappa shape index (κ3) is 6.29. The van der Waals surface area contributed by atoms with E-state index >= 15 is 0 Å². The smallest absolute Gasteiger partial charge is 0.416 e. The van der Waals surface area contributed by atoms with Crippen LogP contribution in [0.4, 0.5) is 18.9 Å². The number of carbonyl (C=O) groups is 2. The molecule has 0 aromatic heterocycles. The molecule has 0 spiro atoms. The van der Waals surface area contributed by atoms with Crippen molar-refractivity contribution in [3.05, 3.63) is 59.7 Å². The molecule has 0 bridgehead atoms. The number of carbonyl (C=O) groups excluding carboxylic acids is 2. The van der Waals surface area contributed by atoms with Crippen molar-refractivity contribution in [3.8, 4) is 5.75 Å². The molecule has 8 heteroatoms. The Morgan fingerprint density at radius 1 is 1.04 bits per heavy atom. The van der Waals surface area contributed by atoms with Crippen LogP contribution in [0.3, 0.4) is 0 Å². The zero-order chi connectivity index (χ0) is 20.6. The zero-order valence-electron chi connectivity index (χ0n) is 15.3. The van der Waals surface area contributed by atoms with E-state index in [4.69, 9.17) is 4.74 Å². The first-order chi connectivity index (χ1) is 13.3. The molecule has 0 saturated heterocycles. The summed E-state index contributed by atoms with van der Waals surface area (Å²) in [5, 5.41) is 5.24. The normalized spacial score (nSPS) is 11.0. The first kappa shape index (κ1) is 21.3. The van der Waals surface area contributed by atoms with Gasteiger partial charge in [-0.05, 0) is 49.7 Å². The van der Waals surface area contributed by atoms with Gasteiger partial charge in [0.05, 0.1) is 17.7 Å². The number of amides is 2. The molecule has 28 heavy (non-hydrogen) atoms. The Kier molecular flexibility index (Phi) is 7.43. The Hall–Kier alpha value is -3.03. The molecular formula is C20H21F3N2O3. The number of nitrogens with one attached hydrogen (secondary N) is 2.